The minimum Gasteiger partial charge on any atom is -0.369 e. The van der Waals surface area contributed by atoms with Gasteiger partial charge in [0.2, 0.25) is 5.91 Å². The van der Waals surface area contributed by atoms with Crippen LogP contribution < -0.4 is 10.2 Å². The Hall–Kier alpha value is -3.12. The van der Waals surface area contributed by atoms with E-state index in [4.69, 9.17) is 4.52 Å². The van der Waals surface area contributed by atoms with E-state index >= 15 is 0 Å². The molecule has 184 valence electrons. The van der Waals surface area contributed by atoms with Crippen molar-refractivity contribution in [2.24, 2.45) is 11.3 Å². The van der Waals surface area contributed by atoms with E-state index < -0.39 is 0 Å². The van der Waals surface area contributed by atoms with Gasteiger partial charge >= 0.3 is 0 Å². The van der Waals surface area contributed by atoms with Crippen LogP contribution in [0, 0.1) is 11.3 Å². The molecule has 1 aliphatic carbocycles. The predicted octanol–water partition coefficient (Wildman–Crippen LogP) is 4.31. The number of benzene rings is 2. The van der Waals surface area contributed by atoms with Gasteiger partial charge in [-0.2, -0.15) is 0 Å². The summed E-state index contributed by atoms with van der Waals surface area (Å²) in [6.45, 7) is 9.40. The molecule has 1 saturated carbocycles. The molecule has 1 aromatic heterocycles. The van der Waals surface area contributed by atoms with Crippen molar-refractivity contribution < 1.29 is 9.32 Å². The highest BCUT2D eigenvalue weighted by molar-refractivity contribution is 5.79. The molecule has 1 amide bonds. The van der Waals surface area contributed by atoms with Gasteiger partial charge in [-0.05, 0) is 41.9 Å². The molecule has 1 N–H and O–H groups in total. The summed E-state index contributed by atoms with van der Waals surface area (Å²) < 4.78 is 5.70. The topological polar surface area (TPSA) is 61.6 Å². The number of piperazine rings is 1. The molecule has 6 nitrogen and oxygen atoms in total. The molecule has 35 heavy (non-hydrogen) atoms. The third kappa shape index (κ3) is 5.59. The molecule has 0 radical (unpaired) electrons. The lowest BCUT2D eigenvalue weighted by molar-refractivity contribution is -0.124. The quantitative estimate of drug-likeness (QED) is 0.529. The van der Waals surface area contributed by atoms with Crippen LogP contribution in [0.5, 0.6) is 0 Å². The van der Waals surface area contributed by atoms with Gasteiger partial charge in [-0.1, -0.05) is 67.5 Å². The molecule has 2 fully saturated rings. The molecule has 5 rings (SSSR count). The fourth-order valence-corrected chi connectivity index (χ4v) is 5.44. The highest BCUT2D eigenvalue weighted by Crippen LogP contribution is 2.47. The second kappa shape index (κ2) is 10.2. The molecule has 2 aromatic carbocycles. The van der Waals surface area contributed by atoms with Crippen LogP contribution in [0.15, 0.2) is 71.3 Å². The molecule has 0 spiro atoms. The number of carbonyl (C=O) groups excluding carboxylic acids is 1. The van der Waals surface area contributed by atoms with Crippen LogP contribution in [0.4, 0.5) is 5.69 Å². The van der Waals surface area contributed by atoms with Gasteiger partial charge in [-0.25, -0.2) is 0 Å². The number of anilines is 1. The van der Waals surface area contributed by atoms with Crippen LogP contribution in [-0.4, -0.2) is 48.2 Å². The van der Waals surface area contributed by atoms with Gasteiger partial charge in [0, 0.05) is 44.0 Å². The van der Waals surface area contributed by atoms with Gasteiger partial charge < -0.3 is 14.7 Å². The third-order valence-corrected chi connectivity index (χ3v) is 7.95. The van der Waals surface area contributed by atoms with Crippen molar-refractivity contribution in [3.63, 3.8) is 0 Å². The molecule has 6 heteroatoms. The van der Waals surface area contributed by atoms with Gasteiger partial charge in [0.15, 0.2) is 5.76 Å². The average Bonchev–Trinajstić information content (AvgIpc) is 3.32. The zero-order chi connectivity index (χ0) is 24.3. The number of nitrogens with one attached hydrogen (secondary N) is 1. The van der Waals surface area contributed by atoms with E-state index in [1.807, 2.05) is 30.3 Å². The van der Waals surface area contributed by atoms with E-state index in [0.717, 1.165) is 62.6 Å². The molecule has 2 unspecified atom stereocenters. The number of rotatable bonds is 8. The van der Waals surface area contributed by atoms with Gasteiger partial charge in [0.05, 0.1) is 18.7 Å². The number of hydrogen-bond acceptors (Lipinski definition) is 5. The molecule has 1 aliphatic heterocycles. The predicted molar refractivity (Wildman–Crippen MR) is 138 cm³/mol. The lowest BCUT2D eigenvalue weighted by Gasteiger charge is -2.52. The SMILES string of the molecule is CC1(C)C(Cc2cc(CN3CCN(c4ccccc4)CC3)on2)CC1NC(=O)Cc1ccccc1. The Kier molecular flexibility index (Phi) is 6.91. The molecule has 1 saturated heterocycles. The minimum absolute atomic E-state index is 0.0409. The monoisotopic (exact) mass is 472 g/mol. The summed E-state index contributed by atoms with van der Waals surface area (Å²) in [6.07, 6.45) is 2.31. The summed E-state index contributed by atoms with van der Waals surface area (Å²) in [4.78, 5) is 17.4. The van der Waals surface area contributed by atoms with E-state index in [1.54, 1.807) is 0 Å². The second-order valence-corrected chi connectivity index (χ2v) is 10.6. The average molecular weight is 473 g/mol. The number of amides is 1. The van der Waals surface area contributed by atoms with Crippen molar-refractivity contribution in [2.75, 3.05) is 31.1 Å². The highest BCUT2D eigenvalue weighted by atomic mass is 16.5. The lowest BCUT2D eigenvalue weighted by Crippen LogP contribution is -2.59. The standard InChI is InChI=1S/C29H36N4O2/c1-29(2)23(19-27(29)30-28(34)17-22-9-5-3-6-10-22)18-24-20-26(35-31-24)21-32-13-15-33(16-14-32)25-11-7-4-8-12-25/h3-12,20,23,27H,13-19,21H2,1-2H3,(H,30,34). The maximum absolute atomic E-state index is 12.5. The van der Waals surface area contributed by atoms with Crippen LogP contribution in [-0.2, 0) is 24.2 Å². The Bertz CT molecular complexity index is 1100. The van der Waals surface area contributed by atoms with Crippen molar-refractivity contribution in [3.8, 4) is 0 Å². The molecular formula is C29H36N4O2. The third-order valence-electron chi connectivity index (χ3n) is 7.95. The first kappa shape index (κ1) is 23.6. The Morgan fingerprint density at radius 2 is 1.71 bits per heavy atom. The van der Waals surface area contributed by atoms with Gasteiger partial charge in [0.25, 0.3) is 0 Å². The van der Waals surface area contributed by atoms with Crippen LogP contribution >= 0.6 is 0 Å². The van der Waals surface area contributed by atoms with Crippen LogP contribution in [0.25, 0.3) is 0 Å². The number of hydrogen-bond donors (Lipinski definition) is 1. The number of carbonyl (C=O) groups is 1. The Labute approximate surface area is 208 Å². The van der Waals surface area contributed by atoms with Crippen LogP contribution in [0.3, 0.4) is 0 Å². The summed E-state index contributed by atoms with van der Waals surface area (Å²) in [5.74, 6) is 1.53. The first-order valence-corrected chi connectivity index (χ1v) is 12.8. The molecule has 0 bridgehead atoms. The van der Waals surface area contributed by atoms with Crippen molar-refractivity contribution in [1.82, 2.24) is 15.4 Å². The van der Waals surface area contributed by atoms with Crippen LogP contribution in [0.2, 0.25) is 0 Å². The van der Waals surface area contributed by atoms with Gasteiger partial charge in [0.1, 0.15) is 0 Å². The Morgan fingerprint density at radius 1 is 1.03 bits per heavy atom. The van der Waals surface area contributed by atoms with Crippen molar-refractivity contribution in [2.45, 2.75) is 45.7 Å². The number of para-hydroxylation sites is 1. The molecular weight excluding hydrogens is 436 g/mol. The second-order valence-electron chi connectivity index (χ2n) is 10.6. The molecule has 2 atom stereocenters. The fourth-order valence-electron chi connectivity index (χ4n) is 5.44. The van der Waals surface area contributed by atoms with E-state index in [2.05, 4.69) is 70.5 Å². The van der Waals surface area contributed by atoms with Crippen molar-refractivity contribution in [3.05, 3.63) is 83.7 Å². The van der Waals surface area contributed by atoms with Gasteiger partial charge in [-0.3, -0.25) is 9.69 Å². The van der Waals surface area contributed by atoms with E-state index in [9.17, 15) is 4.79 Å². The van der Waals surface area contributed by atoms with Crippen molar-refractivity contribution >= 4 is 11.6 Å². The van der Waals surface area contributed by atoms with E-state index in [1.165, 1.54) is 5.69 Å². The number of aromatic nitrogens is 1. The maximum atomic E-state index is 12.5. The van der Waals surface area contributed by atoms with Crippen LogP contribution in [0.1, 0.15) is 37.3 Å². The van der Waals surface area contributed by atoms with E-state index in [-0.39, 0.29) is 17.4 Å². The normalized spacial score (nSPS) is 21.9. The first-order valence-electron chi connectivity index (χ1n) is 12.8. The zero-order valence-electron chi connectivity index (χ0n) is 20.8. The fraction of sp³-hybridized carbons (Fsp3) is 0.448. The zero-order valence-corrected chi connectivity index (χ0v) is 20.8. The van der Waals surface area contributed by atoms with Gasteiger partial charge in [-0.15, -0.1) is 0 Å². The minimum atomic E-state index is 0.0409. The van der Waals surface area contributed by atoms with E-state index in [0.29, 0.717) is 12.3 Å². The Morgan fingerprint density at radius 3 is 2.40 bits per heavy atom. The maximum Gasteiger partial charge on any atom is 0.224 e. The first-order chi connectivity index (χ1) is 17.0. The molecule has 3 aromatic rings. The summed E-state index contributed by atoms with van der Waals surface area (Å²) in [6, 6.07) is 22.9. The van der Waals surface area contributed by atoms with Crippen molar-refractivity contribution in [1.29, 1.82) is 0 Å². The largest absolute Gasteiger partial charge is 0.369 e. The summed E-state index contributed by atoms with van der Waals surface area (Å²) in [7, 11) is 0. The number of nitrogens with zero attached hydrogens (tertiary/aromatic N) is 3. The smallest absolute Gasteiger partial charge is 0.224 e. The lowest BCUT2D eigenvalue weighted by atomic mass is 9.57. The summed E-state index contributed by atoms with van der Waals surface area (Å²) >= 11 is 0. The summed E-state index contributed by atoms with van der Waals surface area (Å²) in [5, 5.41) is 7.63. The Balaban J connectivity index is 1.07. The molecule has 2 aliphatic rings. The summed E-state index contributed by atoms with van der Waals surface area (Å²) in [5.41, 5.74) is 3.41. The highest BCUT2D eigenvalue weighted by Gasteiger charge is 2.48. The molecule has 2 heterocycles.